The summed E-state index contributed by atoms with van der Waals surface area (Å²) in [7, 11) is 7.68. The number of aromatic hydroxyl groups is 1. The van der Waals surface area contributed by atoms with Crippen LogP contribution in [-0.4, -0.2) is 112 Å². The fourth-order valence-corrected chi connectivity index (χ4v) is 8.70. The minimum absolute atomic E-state index is 0.00559. The van der Waals surface area contributed by atoms with E-state index in [1.165, 1.54) is 30.3 Å². The monoisotopic (exact) mass is 1070 g/mol. The second-order valence-corrected chi connectivity index (χ2v) is 20.1. The molecule has 4 aromatic carbocycles. The van der Waals surface area contributed by atoms with Gasteiger partial charge in [0.1, 0.15) is 54.0 Å². The Morgan fingerprint density at radius 3 is 2.23 bits per heavy atom. The zero-order valence-corrected chi connectivity index (χ0v) is 44.8. The highest BCUT2D eigenvalue weighted by atomic mass is 16.5. The van der Waals surface area contributed by atoms with Crippen LogP contribution in [0.2, 0.25) is 0 Å². The zero-order valence-electron chi connectivity index (χ0n) is 44.8. The molecule has 78 heavy (non-hydrogen) atoms. The molecule has 5 N–H and O–H groups in total. The minimum atomic E-state index is -1.38. The fraction of sp³-hybridized carbons (Fsp3) is 0.333. The highest BCUT2D eigenvalue weighted by Gasteiger charge is 2.33. The summed E-state index contributed by atoms with van der Waals surface area (Å²) in [6.07, 6.45) is 1.66. The van der Waals surface area contributed by atoms with E-state index >= 15 is 0 Å². The Hall–Kier alpha value is -8.66. The number of hydrogen-bond donors (Lipinski definition) is 5. The number of para-hydroxylation sites is 1. The van der Waals surface area contributed by atoms with Gasteiger partial charge in [0, 0.05) is 66.1 Å². The first-order valence-corrected chi connectivity index (χ1v) is 25.3. The number of aromatic carboxylic acids is 1. The number of ether oxygens (including phenoxy) is 3. The van der Waals surface area contributed by atoms with Crippen molar-refractivity contribution in [2.45, 2.75) is 46.8 Å². The van der Waals surface area contributed by atoms with Crippen molar-refractivity contribution < 1.29 is 47.6 Å². The molecule has 3 heterocycles. The van der Waals surface area contributed by atoms with Gasteiger partial charge >= 0.3 is 0 Å². The molecule has 0 spiro atoms. The van der Waals surface area contributed by atoms with Gasteiger partial charge in [0.15, 0.2) is 5.75 Å². The molecule has 1 aliphatic heterocycles. The number of anilines is 4. The van der Waals surface area contributed by atoms with Crippen LogP contribution >= 0.6 is 0 Å². The van der Waals surface area contributed by atoms with Gasteiger partial charge in [0.05, 0.1) is 88.3 Å². The van der Waals surface area contributed by atoms with E-state index in [9.17, 15) is 34.2 Å². The first-order chi connectivity index (χ1) is 37.3. The van der Waals surface area contributed by atoms with E-state index in [-0.39, 0.29) is 60.1 Å². The smallest absolute Gasteiger partial charge is 0.255 e. The van der Waals surface area contributed by atoms with Crippen LogP contribution in [0.1, 0.15) is 75.1 Å². The minimum Gasteiger partial charge on any atom is -0.545 e. The van der Waals surface area contributed by atoms with Gasteiger partial charge in [0.25, 0.3) is 22.7 Å². The summed E-state index contributed by atoms with van der Waals surface area (Å²) in [4.78, 5) is 66.5. The van der Waals surface area contributed by atoms with Gasteiger partial charge < -0.3 is 64.2 Å². The van der Waals surface area contributed by atoms with E-state index in [1.54, 1.807) is 16.9 Å². The average molecular weight is 1070 g/mol. The lowest BCUT2D eigenvalue weighted by molar-refractivity contribution is -0.254. The molecule has 6 aromatic rings. The maximum atomic E-state index is 13.4. The maximum Gasteiger partial charge on any atom is 0.255 e. The molecular formula is C57H63N9O12. The first kappa shape index (κ1) is 55.6. The number of fused-ring (bicyclic) bond motifs is 2. The summed E-state index contributed by atoms with van der Waals surface area (Å²) >= 11 is 0. The quantitative estimate of drug-likeness (QED) is 0.0179. The molecule has 2 amide bonds. The van der Waals surface area contributed by atoms with Crippen molar-refractivity contribution in [3.8, 4) is 28.2 Å². The number of hydrogen-bond acceptors (Lipinski definition) is 17. The third kappa shape index (κ3) is 12.8. The van der Waals surface area contributed by atoms with E-state index in [0.29, 0.717) is 83.6 Å². The number of nitrogens with one attached hydrogen (secondary N) is 4. The molecule has 2 aliphatic rings. The molecule has 0 fully saturated rings. The molecule has 21 nitrogen and oxygen atoms in total. The normalized spacial score (nSPS) is 12.0. The standard InChI is InChI=1S/C57H63N9O12/c1-33-12-19-44(77-33)53(57(2,3)4)61-49-48(51(68)52(49)69)60-43-11-9-10-41(50(43)67)55(71)59-31-35-32-66(63-62-35)21-23-75-25-27-76-26-24-74-22-20-58-54(70)34-13-16-38(56(72)73)42(28-34)47-39-17-14-36(64(5)6)29-45(39)78-46-30-37(65(7)8)15-18-40(46)47/h9-19,28-30,32,53H,20-27,31H2,1-8H3,(H5-,58,59,60,61,62,63,67,68,69,70,71,72,73)/t53-/m1/s1. The van der Waals surface area contributed by atoms with Crippen molar-refractivity contribution in [3.05, 3.63) is 151 Å². The van der Waals surface area contributed by atoms with E-state index in [4.69, 9.17) is 23.0 Å². The number of carbonyl (C=O) groups is 3. The Balaban J connectivity index is 0.741. The second kappa shape index (κ2) is 24.1. The third-order valence-electron chi connectivity index (χ3n) is 12.9. The van der Waals surface area contributed by atoms with Gasteiger partial charge in [-0.05, 0) is 72.5 Å². The van der Waals surface area contributed by atoms with Crippen LogP contribution in [0.5, 0.6) is 5.75 Å². The molecule has 2 aromatic heterocycles. The van der Waals surface area contributed by atoms with Crippen molar-refractivity contribution in [2.24, 2.45) is 5.41 Å². The molecule has 21 heteroatoms. The van der Waals surface area contributed by atoms with Gasteiger partial charge in [-0.1, -0.05) is 38.1 Å². The molecule has 1 aliphatic carbocycles. The van der Waals surface area contributed by atoms with E-state index in [1.807, 2.05) is 114 Å². The molecule has 0 saturated carbocycles. The van der Waals surface area contributed by atoms with Gasteiger partial charge in [-0.15, -0.1) is 5.10 Å². The van der Waals surface area contributed by atoms with Crippen LogP contribution in [0.4, 0.5) is 22.7 Å². The van der Waals surface area contributed by atoms with Gasteiger partial charge in [-0.3, -0.25) is 19.2 Å². The largest absolute Gasteiger partial charge is 0.545 e. The number of carbonyl (C=O) groups excluding carboxylic acids is 3. The molecule has 1 atom stereocenters. The number of aryl methyl sites for hydroxylation is 1. The van der Waals surface area contributed by atoms with Crippen molar-refractivity contribution in [2.75, 3.05) is 89.9 Å². The highest BCUT2D eigenvalue weighted by Crippen LogP contribution is 2.43. The van der Waals surface area contributed by atoms with Gasteiger partial charge in [-0.2, -0.15) is 0 Å². The number of furan rings is 1. The lowest BCUT2D eigenvalue weighted by Crippen LogP contribution is -2.39. The van der Waals surface area contributed by atoms with Crippen molar-refractivity contribution in [3.63, 3.8) is 0 Å². The molecule has 0 bridgehead atoms. The molecule has 0 saturated heterocycles. The number of rotatable bonds is 24. The van der Waals surface area contributed by atoms with Crippen molar-refractivity contribution >= 4 is 51.5 Å². The zero-order chi connectivity index (χ0) is 55.8. The Morgan fingerprint density at radius 2 is 1.54 bits per heavy atom. The summed E-state index contributed by atoms with van der Waals surface area (Å²) in [6, 6.07) is 23.5. The number of carboxylic acid groups (broad SMARTS) is 1. The van der Waals surface area contributed by atoms with Crippen molar-refractivity contribution in [1.29, 1.82) is 0 Å². The summed E-state index contributed by atoms with van der Waals surface area (Å²) in [6.45, 7) is 10.0. The maximum absolute atomic E-state index is 13.4. The second-order valence-electron chi connectivity index (χ2n) is 20.1. The molecule has 0 radical (unpaired) electrons. The number of benzene rings is 4. The van der Waals surface area contributed by atoms with Crippen LogP contribution < -0.4 is 52.1 Å². The van der Waals surface area contributed by atoms with Crippen LogP contribution in [0.15, 0.2) is 110 Å². The van der Waals surface area contributed by atoms with Gasteiger partial charge in [0.2, 0.25) is 5.36 Å². The molecule has 8 rings (SSSR count). The highest BCUT2D eigenvalue weighted by molar-refractivity contribution is 6.09. The van der Waals surface area contributed by atoms with Crippen molar-refractivity contribution in [1.82, 2.24) is 30.2 Å². The number of phenols is 1. The van der Waals surface area contributed by atoms with Crippen LogP contribution in [0.3, 0.4) is 0 Å². The van der Waals surface area contributed by atoms with E-state index in [0.717, 1.165) is 11.0 Å². The Labute approximate surface area is 449 Å². The van der Waals surface area contributed by atoms with E-state index < -0.39 is 45.8 Å². The lowest BCUT2D eigenvalue weighted by atomic mass is 9.85. The van der Waals surface area contributed by atoms with Crippen LogP contribution in [-0.2, 0) is 27.3 Å². The molecular weight excluding hydrogens is 1000 g/mol. The lowest BCUT2D eigenvalue weighted by Gasteiger charge is -2.31. The Bertz CT molecular complexity index is 3590. The number of phenolic OH excluding ortho intramolecular Hbond substituents is 1. The number of aromatic nitrogens is 3. The fourth-order valence-electron chi connectivity index (χ4n) is 8.70. The van der Waals surface area contributed by atoms with Gasteiger partial charge in [-0.25, -0.2) is 9.26 Å². The van der Waals surface area contributed by atoms with Crippen LogP contribution in [0.25, 0.3) is 33.4 Å². The summed E-state index contributed by atoms with van der Waals surface area (Å²) in [5.41, 5.74) is 1.84. The predicted octanol–water partition coefficient (Wildman–Crippen LogP) is 4.81. The summed E-state index contributed by atoms with van der Waals surface area (Å²) in [5, 5.41) is 45.0. The number of carboxylic acids is 1. The van der Waals surface area contributed by atoms with E-state index in [2.05, 4.69) is 31.6 Å². The summed E-state index contributed by atoms with van der Waals surface area (Å²) in [5.74, 6) is -0.953. The number of nitrogens with zero attached hydrogens (tertiary/aromatic N) is 5. The molecule has 0 unspecified atom stereocenters. The van der Waals surface area contributed by atoms with Crippen LogP contribution in [0, 0.1) is 12.3 Å². The Morgan fingerprint density at radius 1 is 0.808 bits per heavy atom. The Kier molecular flexibility index (Phi) is 17.2. The average Bonchev–Trinajstić information content (AvgIpc) is 4.15. The summed E-state index contributed by atoms with van der Waals surface area (Å²) < 4.78 is 32.7. The topological polar surface area (TPSA) is 268 Å². The number of amides is 2. The predicted molar refractivity (Wildman–Crippen MR) is 292 cm³/mol. The SMILES string of the molecule is Cc1ccc([C@@H](Nc2c(Nc3cccc(C(=O)NCc4cn(CCOCCOCCOCCNC(=O)c5ccc(C(=O)[O-])c(-c6c7ccc(=[N+](C)C)cc-7oc7cc(N(C)C)ccc67)c5)nn4)c3O)c(=O)c2=O)C(C)(C)C)o1. The third-order valence-corrected chi connectivity index (χ3v) is 12.9. The first-order valence-electron chi connectivity index (χ1n) is 25.3. The molecule has 408 valence electrons.